The first kappa shape index (κ1) is 25.6. The summed E-state index contributed by atoms with van der Waals surface area (Å²) in [5, 5.41) is 3.01. The molecule has 11 heteroatoms. The van der Waals surface area contributed by atoms with E-state index in [0.717, 1.165) is 43.7 Å². The molecule has 1 aliphatic carbocycles. The molecule has 2 aliphatic heterocycles. The summed E-state index contributed by atoms with van der Waals surface area (Å²) in [5.74, 6) is -1.61. The number of nitrogens with one attached hydrogen (secondary N) is 2. The van der Waals surface area contributed by atoms with E-state index in [1.807, 2.05) is 12.3 Å². The predicted molar refractivity (Wildman–Crippen MR) is 154 cm³/mol. The van der Waals surface area contributed by atoms with E-state index in [-0.39, 0.29) is 46.0 Å². The van der Waals surface area contributed by atoms with Crippen molar-refractivity contribution in [1.82, 2.24) is 15.2 Å². The number of hydrogen-bond acceptors (Lipinski definition) is 8. The quantitative estimate of drug-likeness (QED) is 0.426. The number of thioether (sulfide) groups is 1. The standard InChI is InChI=1S/C29H38ClN3O6S/c1-16-10-24(40-5)22(27(35)32-16)13-31-26(34)21-11-18(30)12-23-25(21)28(37-4)39-29(2,38-23)17-6-8-19(9-7-17)33-14-20(15-33)36-3/h10-12,17,19-20,28H,6-9,13-15H2,1-5H3,(H,31,34)(H,32,35)/i4D3. The highest BCUT2D eigenvalue weighted by molar-refractivity contribution is 7.98. The molecule has 1 saturated carbocycles. The normalized spacial score (nSPS) is 28.4. The SMILES string of the molecule is [2H]C([2H])([2H])OC1OC(C)(C2CCC(N3CC(OC)C3)CC2)Oc2cc(Cl)cc(C(=O)NCc3c(SC)cc(C)[nH]c3=O)c21. The number of ether oxygens (including phenoxy) is 4. The van der Waals surface area contributed by atoms with E-state index in [0.29, 0.717) is 17.3 Å². The number of methoxy groups -OCH3 is 2. The molecule has 0 spiro atoms. The molecule has 1 aromatic heterocycles. The molecule has 1 amide bonds. The van der Waals surface area contributed by atoms with Crippen molar-refractivity contribution in [3.05, 3.63) is 56.0 Å². The Bertz CT molecular complexity index is 1410. The van der Waals surface area contributed by atoms with Gasteiger partial charge in [-0.3, -0.25) is 14.5 Å². The highest BCUT2D eigenvalue weighted by Crippen LogP contribution is 2.48. The first-order valence-electron chi connectivity index (χ1n) is 15.0. The van der Waals surface area contributed by atoms with Crippen LogP contribution in [0.5, 0.6) is 5.75 Å². The number of benzene rings is 1. The van der Waals surface area contributed by atoms with Gasteiger partial charge in [-0.25, -0.2) is 0 Å². The van der Waals surface area contributed by atoms with Crippen LogP contribution in [0.2, 0.25) is 5.02 Å². The third-order valence-electron chi connectivity index (χ3n) is 8.39. The molecule has 9 nitrogen and oxygen atoms in total. The Kier molecular flexibility index (Phi) is 7.71. The fraction of sp³-hybridized carbons (Fsp3) is 0.586. The topological polar surface area (TPSA) is 102 Å². The third kappa shape index (κ3) is 5.80. The zero-order valence-electron chi connectivity index (χ0n) is 26.2. The number of carbonyl (C=O) groups is 1. The number of halogens is 1. The molecule has 218 valence electrons. The van der Waals surface area contributed by atoms with Gasteiger partial charge in [0, 0.05) is 73.8 Å². The summed E-state index contributed by atoms with van der Waals surface area (Å²) in [4.78, 5) is 32.1. The average Bonchev–Trinajstić information content (AvgIpc) is 2.90. The van der Waals surface area contributed by atoms with Gasteiger partial charge in [-0.2, -0.15) is 0 Å². The predicted octanol–water partition coefficient (Wildman–Crippen LogP) is 4.65. The molecule has 3 aliphatic rings. The van der Waals surface area contributed by atoms with Gasteiger partial charge < -0.3 is 29.2 Å². The van der Waals surface area contributed by atoms with Gasteiger partial charge in [0.25, 0.3) is 11.5 Å². The van der Waals surface area contributed by atoms with Crippen LogP contribution in [-0.4, -0.2) is 67.2 Å². The van der Waals surface area contributed by atoms with Gasteiger partial charge in [-0.15, -0.1) is 11.8 Å². The zero-order chi connectivity index (χ0) is 31.1. The van der Waals surface area contributed by atoms with Gasteiger partial charge >= 0.3 is 0 Å². The first-order chi connectivity index (χ1) is 20.3. The van der Waals surface area contributed by atoms with Crippen molar-refractivity contribution in [3.8, 4) is 5.75 Å². The van der Waals surface area contributed by atoms with E-state index in [2.05, 4.69) is 15.2 Å². The molecule has 2 fully saturated rings. The number of aromatic amines is 1. The van der Waals surface area contributed by atoms with Crippen LogP contribution in [0.4, 0.5) is 0 Å². The van der Waals surface area contributed by atoms with Crippen molar-refractivity contribution in [1.29, 1.82) is 0 Å². The van der Waals surface area contributed by atoms with Crippen molar-refractivity contribution in [3.63, 3.8) is 0 Å². The van der Waals surface area contributed by atoms with Crippen LogP contribution in [0.3, 0.4) is 0 Å². The minimum atomic E-state index is -2.82. The fourth-order valence-electron chi connectivity index (χ4n) is 6.07. The first-order valence-corrected chi connectivity index (χ1v) is 15.1. The molecule has 2 N–H and O–H groups in total. The molecule has 3 heterocycles. The number of rotatable bonds is 8. The Morgan fingerprint density at radius 2 is 2.02 bits per heavy atom. The van der Waals surface area contributed by atoms with Crippen LogP contribution < -0.4 is 15.6 Å². The number of aromatic nitrogens is 1. The summed E-state index contributed by atoms with van der Waals surface area (Å²) in [6.07, 6.45) is 4.23. The maximum atomic E-state index is 13.6. The molecule has 0 radical (unpaired) electrons. The Hall–Kier alpha value is -2.08. The number of pyridine rings is 1. The molecule has 0 bridgehead atoms. The maximum absolute atomic E-state index is 13.6. The molecule has 2 aromatic rings. The Labute approximate surface area is 248 Å². The van der Waals surface area contributed by atoms with Crippen LogP contribution in [0.15, 0.2) is 27.9 Å². The van der Waals surface area contributed by atoms with E-state index in [4.69, 9.17) is 34.7 Å². The summed E-state index contributed by atoms with van der Waals surface area (Å²) in [7, 11) is -1.08. The second kappa shape index (κ2) is 12.0. The van der Waals surface area contributed by atoms with Crippen LogP contribution in [-0.2, 0) is 20.8 Å². The lowest BCUT2D eigenvalue weighted by Gasteiger charge is -2.49. The van der Waals surface area contributed by atoms with Crippen molar-refractivity contribution in [2.24, 2.45) is 5.92 Å². The van der Waals surface area contributed by atoms with Crippen molar-refractivity contribution in [2.45, 2.75) is 75.2 Å². The van der Waals surface area contributed by atoms with Crippen molar-refractivity contribution < 1.29 is 27.9 Å². The van der Waals surface area contributed by atoms with Gasteiger partial charge in [-0.1, -0.05) is 11.6 Å². The molecule has 2 unspecified atom stereocenters. The van der Waals surface area contributed by atoms with Gasteiger partial charge in [0.15, 0.2) is 6.29 Å². The molecule has 2 atom stereocenters. The molecular weight excluding hydrogens is 554 g/mol. The monoisotopic (exact) mass is 594 g/mol. The minimum absolute atomic E-state index is 0.0437. The van der Waals surface area contributed by atoms with E-state index in [1.54, 1.807) is 27.0 Å². The average molecular weight is 595 g/mol. The second-order valence-corrected chi connectivity index (χ2v) is 12.2. The number of likely N-dealkylation sites (tertiary alicyclic amines) is 1. The van der Waals surface area contributed by atoms with Gasteiger partial charge in [0.05, 0.1) is 21.3 Å². The van der Waals surface area contributed by atoms with Crippen LogP contribution in [0.25, 0.3) is 0 Å². The lowest BCUT2D eigenvalue weighted by atomic mass is 9.79. The van der Waals surface area contributed by atoms with Crippen molar-refractivity contribution in [2.75, 3.05) is 33.5 Å². The fourth-order valence-corrected chi connectivity index (χ4v) is 6.98. The third-order valence-corrected chi connectivity index (χ3v) is 9.41. The van der Waals surface area contributed by atoms with Crippen LogP contribution >= 0.6 is 23.4 Å². The smallest absolute Gasteiger partial charge is 0.254 e. The highest BCUT2D eigenvalue weighted by atomic mass is 35.5. The largest absolute Gasteiger partial charge is 0.462 e. The summed E-state index contributed by atoms with van der Waals surface area (Å²) < 4.78 is 47.1. The number of nitrogens with zero attached hydrogens (tertiary/aromatic N) is 1. The number of fused-ring (bicyclic) bond motifs is 1. The van der Waals surface area contributed by atoms with E-state index in [1.165, 1.54) is 17.8 Å². The number of amides is 1. The summed E-state index contributed by atoms with van der Waals surface area (Å²) in [5.41, 5.74) is 1.00. The Morgan fingerprint density at radius 1 is 1.27 bits per heavy atom. The zero-order valence-corrected chi connectivity index (χ0v) is 24.7. The van der Waals surface area contributed by atoms with Crippen LogP contribution in [0, 0.1) is 12.8 Å². The summed E-state index contributed by atoms with van der Waals surface area (Å²) >= 11 is 7.87. The maximum Gasteiger partial charge on any atom is 0.254 e. The Balaban J connectivity index is 1.39. The lowest BCUT2D eigenvalue weighted by molar-refractivity contribution is -0.308. The highest BCUT2D eigenvalue weighted by Gasteiger charge is 2.48. The minimum Gasteiger partial charge on any atom is -0.462 e. The van der Waals surface area contributed by atoms with E-state index in [9.17, 15) is 9.59 Å². The van der Waals surface area contributed by atoms with Gasteiger partial charge in [0.1, 0.15) is 5.75 Å². The molecule has 5 rings (SSSR count). The number of hydrogen-bond donors (Lipinski definition) is 2. The lowest BCUT2D eigenvalue weighted by Crippen LogP contribution is -2.58. The number of carbonyl (C=O) groups excluding carboxylic acids is 1. The summed E-state index contributed by atoms with van der Waals surface area (Å²) in [6.45, 7) is 5.38. The van der Waals surface area contributed by atoms with Crippen LogP contribution in [0.1, 0.15) is 70.2 Å². The summed E-state index contributed by atoms with van der Waals surface area (Å²) in [6, 6.07) is 5.26. The Morgan fingerprint density at radius 3 is 2.70 bits per heavy atom. The van der Waals surface area contributed by atoms with Crippen molar-refractivity contribution >= 4 is 29.3 Å². The second-order valence-electron chi connectivity index (χ2n) is 10.9. The number of H-pyrrole nitrogens is 1. The molecular formula is C29H38ClN3O6S. The molecule has 1 aromatic carbocycles. The molecule has 1 saturated heterocycles. The van der Waals surface area contributed by atoms with E-state index >= 15 is 0 Å². The van der Waals surface area contributed by atoms with E-state index < -0.39 is 25.0 Å². The molecule has 40 heavy (non-hydrogen) atoms. The number of aryl methyl sites for hydroxylation is 1. The van der Waals surface area contributed by atoms with Gasteiger partial charge in [-0.05, 0) is 57.1 Å². The van der Waals surface area contributed by atoms with Gasteiger partial charge in [0.2, 0.25) is 5.79 Å².